The molecule has 0 saturated heterocycles. The molecule has 0 unspecified atom stereocenters. The van der Waals surface area contributed by atoms with E-state index in [0.29, 0.717) is 0 Å². The van der Waals surface area contributed by atoms with Crippen LogP contribution in [0.15, 0.2) is 60.8 Å². The number of carboxylic acid groups (broad SMARTS) is 1. The van der Waals surface area contributed by atoms with Crippen LogP contribution in [-0.4, -0.2) is 57.1 Å². The van der Waals surface area contributed by atoms with E-state index in [2.05, 4.69) is 10.6 Å². The minimum absolute atomic E-state index is 0.0635. The minimum Gasteiger partial charge on any atom is -0.481 e. The maximum atomic E-state index is 13.7. The number of hydrogen-bond acceptors (Lipinski definition) is 7. The number of benzene rings is 2. The van der Waals surface area contributed by atoms with E-state index in [0.717, 1.165) is 22.0 Å². The number of ether oxygens (including phenoxy) is 2. The summed E-state index contributed by atoms with van der Waals surface area (Å²) in [5, 5.41) is 15.8. The highest BCUT2D eigenvalue weighted by Crippen LogP contribution is 2.24. The minimum atomic E-state index is -1.44. The van der Waals surface area contributed by atoms with Crippen LogP contribution in [0, 0.1) is 11.8 Å². The van der Waals surface area contributed by atoms with Gasteiger partial charge < -0.3 is 29.8 Å². The van der Waals surface area contributed by atoms with Crippen molar-refractivity contribution < 1.29 is 38.6 Å². The van der Waals surface area contributed by atoms with Crippen LogP contribution in [0.5, 0.6) is 0 Å². The summed E-state index contributed by atoms with van der Waals surface area (Å²) < 4.78 is 12.6. The fraction of sp³-hybridized carbons (Fsp3) is 0.441. The molecule has 3 rings (SSSR count). The Bertz CT molecular complexity index is 1510. The number of Topliss-reactive ketones (excluding diaryl/α,β-unsaturated/α-hetero) is 1. The summed E-state index contributed by atoms with van der Waals surface area (Å²) in [7, 11) is 1.86. The Morgan fingerprint density at radius 3 is 2.16 bits per heavy atom. The van der Waals surface area contributed by atoms with Crippen molar-refractivity contribution in [2.24, 2.45) is 18.9 Å². The maximum absolute atomic E-state index is 13.7. The molecule has 0 spiro atoms. The van der Waals surface area contributed by atoms with Crippen LogP contribution >= 0.6 is 0 Å². The molecule has 45 heavy (non-hydrogen) atoms. The van der Waals surface area contributed by atoms with Crippen molar-refractivity contribution >= 4 is 40.6 Å². The van der Waals surface area contributed by atoms with Gasteiger partial charge in [0.2, 0.25) is 5.91 Å². The topological polar surface area (TPSA) is 153 Å². The van der Waals surface area contributed by atoms with E-state index >= 15 is 0 Å². The van der Waals surface area contributed by atoms with E-state index in [-0.39, 0.29) is 25.4 Å². The van der Waals surface area contributed by atoms with E-state index in [1.165, 1.54) is 0 Å². The first-order valence-corrected chi connectivity index (χ1v) is 14.9. The number of carbonyl (C=O) groups is 5. The van der Waals surface area contributed by atoms with Crippen molar-refractivity contribution in [1.29, 1.82) is 0 Å². The molecule has 0 radical (unpaired) electrons. The second-order valence-electron chi connectivity index (χ2n) is 12.5. The molecule has 1 heterocycles. The van der Waals surface area contributed by atoms with Crippen LogP contribution in [-0.2, 0) is 48.7 Å². The number of nitrogens with one attached hydrogen (secondary N) is 2. The molecule has 3 atom stereocenters. The SMILES string of the molecule is CC(C)[C@@H](CC(=O)[C@H](Cc1cn(C)c2ccccc12)NC(=O)[C@H](CC(=O)OC(C)(C)C)NC(=O)OCc1ccccc1)C(=O)O. The third-order valence-corrected chi connectivity index (χ3v) is 7.26. The Kier molecular flexibility index (Phi) is 11.9. The Morgan fingerprint density at radius 2 is 1.53 bits per heavy atom. The van der Waals surface area contributed by atoms with Gasteiger partial charge in [-0.25, -0.2) is 4.79 Å². The lowest BCUT2D eigenvalue weighted by atomic mass is 9.87. The van der Waals surface area contributed by atoms with Gasteiger partial charge in [-0.05, 0) is 43.9 Å². The van der Waals surface area contributed by atoms with Crippen LogP contribution in [0.1, 0.15) is 58.6 Å². The molecular weight excluding hydrogens is 578 g/mol. The van der Waals surface area contributed by atoms with Crippen LogP contribution in [0.4, 0.5) is 4.79 Å². The highest BCUT2D eigenvalue weighted by Gasteiger charge is 2.33. The molecule has 242 valence electrons. The summed E-state index contributed by atoms with van der Waals surface area (Å²) in [6.45, 7) is 8.38. The largest absolute Gasteiger partial charge is 0.481 e. The number of esters is 1. The second kappa shape index (κ2) is 15.4. The van der Waals surface area contributed by atoms with Crippen molar-refractivity contribution in [3.8, 4) is 0 Å². The number of aliphatic carboxylic acids is 1. The number of amides is 2. The van der Waals surface area contributed by atoms with Crippen molar-refractivity contribution in [2.45, 2.75) is 78.2 Å². The van der Waals surface area contributed by atoms with Crippen molar-refractivity contribution in [3.63, 3.8) is 0 Å². The first-order valence-electron chi connectivity index (χ1n) is 14.9. The lowest BCUT2D eigenvalue weighted by Crippen LogP contribution is -2.53. The summed E-state index contributed by atoms with van der Waals surface area (Å²) in [5.41, 5.74) is 1.56. The van der Waals surface area contributed by atoms with Crippen LogP contribution in [0.2, 0.25) is 0 Å². The van der Waals surface area contributed by atoms with E-state index in [1.807, 2.05) is 48.1 Å². The monoisotopic (exact) mass is 621 g/mol. The summed E-state index contributed by atoms with van der Waals surface area (Å²) >= 11 is 0. The third kappa shape index (κ3) is 10.5. The summed E-state index contributed by atoms with van der Waals surface area (Å²) in [6, 6.07) is 13.9. The molecule has 3 N–H and O–H groups in total. The Morgan fingerprint density at radius 1 is 0.889 bits per heavy atom. The van der Waals surface area contributed by atoms with Gasteiger partial charge in [0.15, 0.2) is 5.78 Å². The molecule has 0 fully saturated rings. The number of rotatable bonds is 14. The van der Waals surface area contributed by atoms with E-state index < -0.39 is 59.7 Å². The van der Waals surface area contributed by atoms with E-state index in [9.17, 15) is 29.1 Å². The normalized spacial score (nSPS) is 13.5. The van der Waals surface area contributed by atoms with E-state index in [1.54, 1.807) is 58.9 Å². The molecule has 2 amide bonds. The molecule has 0 aliphatic heterocycles. The number of carboxylic acids is 1. The summed E-state index contributed by atoms with van der Waals surface area (Å²) in [6.07, 6.45) is 0.138. The van der Waals surface area contributed by atoms with Crippen molar-refractivity contribution in [2.75, 3.05) is 0 Å². The molecule has 11 nitrogen and oxygen atoms in total. The molecule has 1 aromatic heterocycles. The molecule has 3 aromatic rings. The lowest BCUT2D eigenvalue weighted by Gasteiger charge is -2.25. The predicted molar refractivity (Wildman–Crippen MR) is 168 cm³/mol. The zero-order chi connectivity index (χ0) is 33.3. The molecule has 0 aliphatic carbocycles. The zero-order valence-corrected chi connectivity index (χ0v) is 26.7. The number of fused-ring (bicyclic) bond motifs is 1. The van der Waals surface area contributed by atoms with Gasteiger partial charge in [0.1, 0.15) is 18.2 Å². The average Bonchev–Trinajstić information content (AvgIpc) is 3.28. The second-order valence-corrected chi connectivity index (χ2v) is 12.5. The predicted octanol–water partition coefficient (Wildman–Crippen LogP) is 4.55. The van der Waals surface area contributed by atoms with Gasteiger partial charge in [-0.1, -0.05) is 62.4 Å². The maximum Gasteiger partial charge on any atom is 0.408 e. The van der Waals surface area contributed by atoms with Gasteiger partial charge in [0, 0.05) is 37.0 Å². The van der Waals surface area contributed by atoms with Gasteiger partial charge >= 0.3 is 18.0 Å². The van der Waals surface area contributed by atoms with Gasteiger partial charge in [-0.2, -0.15) is 0 Å². The fourth-order valence-corrected chi connectivity index (χ4v) is 4.96. The first-order chi connectivity index (χ1) is 21.1. The van der Waals surface area contributed by atoms with Gasteiger partial charge in [0.05, 0.1) is 18.4 Å². The number of hydrogen-bond donors (Lipinski definition) is 3. The van der Waals surface area contributed by atoms with Gasteiger partial charge in [0.25, 0.3) is 0 Å². The number of aromatic nitrogens is 1. The zero-order valence-electron chi connectivity index (χ0n) is 26.7. The Labute approximate surface area is 263 Å². The molecule has 0 aliphatic rings. The van der Waals surface area contributed by atoms with Crippen LogP contribution in [0.3, 0.4) is 0 Å². The van der Waals surface area contributed by atoms with Gasteiger partial charge in [-0.15, -0.1) is 0 Å². The quantitative estimate of drug-likeness (QED) is 0.222. The lowest BCUT2D eigenvalue weighted by molar-refractivity contribution is -0.156. The van der Waals surface area contributed by atoms with Crippen molar-refractivity contribution in [1.82, 2.24) is 15.2 Å². The highest BCUT2D eigenvalue weighted by molar-refractivity contribution is 5.96. The summed E-state index contributed by atoms with van der Waals surface area (Å²) in [5.74, 6) is -4.45. The number of nitrogens with zero attached hydrogens (tertiary/aromatic N) is 1. The number of ketones is 1. The van der Waals surface area contributed by atoms with Crippen LogP contribution in [0.25, 0.3) is 10.9 Å². The number of carbonyl (C=O) groups excluding carboxylic acids is 4. The fourth-order valence-electron chi connectivity index (χ4n) is 4.96. The average molecular weight is 622 g/mol. The Hall–Kier alpha value is -4.67. The number of aryl methyl sites for hydroxylation is 1. The summed E-state index contributed by atoms with van der Waals surface area (Å²) in [4.78, 5) is 64.8. The van der Waals surface area contributed by atoms with Gasteiger partial charge in [-0.3, -0.25) is 19.2 Å². The number of para-hydroxylation sites is 1. The molecular formula is C34H43N3O8. The molecule has 11 heteroatoms. The van der Waals surface area contributed by atoms with Crippen molar-refractivity contribution in [3.05, 3.63) is 71.9 Å². The highest BCUT2D eigenvalue weighted by atomic mass is 16.6. The Balaban J connectivity index is 1.88. The molecule has 0 bridgehead atoms. The standard InChI is InChI=1S/C34H43N3O8/c1-21(2)25(32(41)42)17-29(38)26(16-23-19-37(6)28-15-11-10-14-24(23)28)35-31(40)27(18-30(39)45-34(3,4)5)36-33(43)44-20-22-12-8-7-9-13-22/h7-15,19,21,25-27H,16-18,20H2,1-6H3,(H,35,40)(H,36,43)(H,41,42)/t25-,26+,27+/m1/s1. The molecule has 2 aromatic carbocycles. The smallest absolute Gasteiger partial charge is 0.408 e. The van der Waals surface area contributed by atoms with Crippen LogP contribution < -0.4 is 10.6 Å². The number of alkyl carbamates (subject to hydrolysis) is 1. The first kappa shape index (κ1) is 34.8. The molecule has 0 saturated carbocycles. The van der Waals surface area contributed by atoms with E-state index in [4.69, 9.17) is 9.47 Å². The third-order valence-electron chi connectivity index (χ3n) is 7.26.